The number of methoxy groups -OCH3 is 1. The highest BCUT2D eigenvalue weighted by Crippen LogP contribution is 2.21. The second-order valence-corrected chi connectivity index (χ2v) is 9.98. The van der Waals surface area contributed by atoms with E-state index in [-0.39, 0.29) is 18.5 Å². The van der Waals surface area contributed by atoms with E-state index in [9.17, 15) is 9.59 Å². The molecule has 0 atom stereocenters. The summed E-state index contributed by atoms with van der Waals surface area (Å²) in [5, 5.41) is 4.62. The molecule has 7 nitrogen and oxygen atoms in total. The molecule has 204 valence electrons. The van der Waals surface area contributed by atoms with Gasteiger partial charge in [0.25, 0.3) is 0 Å². The van der Waals surface area contributed by atoms with Gasteiger partial charge in [-0.2, -0.15) is 0 Å². The molecule has 0 unspecified atom stereocenters. The molecule has 0 radical (unpaired) electrons. The Bertz CT molecular complexity index is 1390. The Balaban J connectivity index is 1.50. The molecule has 0 aliphatic carbocycles. The smallest absolute Gasteiger partial charge is 0.322 e. The van der Waals surface area contributed by atoms with Crippen molar-refractivity contribution in [3.8, 4) is 0 Å². The summed E-state index contributed by atoms with van der Waals surface area (Å²) < 4.78 is 5.19. The predicted octanol–water partition coefficient (Wildman–Crippen LogP) is 6.27. The largest absolute Gasteiger partial charge is 0.385 e. The summed E-state index contributed by atoms with van der Waals surface area (Å²) in [6, 6.07) is 23.1. The SMILES string of the molecule is COCCCN(CC(=O)N(CCc1c[nH]c2ccccc12)Cc1ccccc1)C(=O)Nc1ccc(C)c(Cl)c1. The van der Waals surface area contributed by atoms with E-state index >= 15 is 0 Å². The number of aryl methyl sites for hydroxylation is 1. The number of nitrogens with one attached hydrogen (secondary N) is 2. The van der Waals surface area contributed by atoms with Crippen LogP contribution in [0.15, 0.2) is 79.0 Å². The van der Waals surface area contributed by atoms with E-state index in [0.717, 1.165) is 27.6 Å². The highest BCUT2D eigenvalue weighted by atomic mass is 35.5. The molecule has 0 aliphatic rings. The van der Waals surface area contributed by atoms with Crippen molar-refractivity contribution in [2.75, 3.05) is 38.7 Å². The van der Waals surface area contributed by atoms with Crippen LogP contribution in [-0.2, 0) is 22.5 Å². The molecule has 0 aliphatic heterocycles. The molecular weight excluding hydrogens is 512 g/mol. The standard InChI is InChI=1S/C31H35ClN4O3/c1-23-13-14-26(19-28(23)32)34-31(38)36(16-8-18-39-2)22-30(37)35(21-24-9-4-3-5-10-24)17-15-25-20-33-29-12-7-6-11-27(25)29/h3-7,9-14,19-20,33H,8,15-18,21-22H2,1-2H3,(H,34,38). The number of urea groups is 1. The first-order valence-electron chi connectivity index (χ1n) is 13.1. The van der Waals surface area contributed by atoms with Crippen LogP contribution in [0.2, 0.25) is 5.02 Å². The summed E-state index contributed by atoms with van der Waals surface area (Å²) in [5.41, 5.74) is 4.77. The van der Waals surface area contributed by atoms with Crippen LogP contribution < -0.4 is 5.32 Å². The topological polar surface area (TPSA) is 77.7 Å². The molecule has 3 aromatic carbocycles. The zero-order valence-electron chi connectivity index (χ0n) is 22.5. The minimum Gasteiger partial charge on any atom is -0.385 e. The number of carbonyl (C=O) groups is 2. The first kappa shape index (κ1) is 28.2. The second-order valence-electron chi connectivity index (χ2n) is 9.57. The highest BCUT2D eigenvalue weighted by molar-refractivity contribution is 6.31. The van der Waals surface area contributed by atoms with E-state index < -0.39 is 0 Å². The number of nitrogens with zero attached hydrogens (tertiary/aromatic N) is 2. The molecule has 4 rings (SSSR count). The van der Waals surface area contributed by atoms with Gasteiger partial charge in [0.15, 0.2) is 0 Å². The first-order chi connectivity index (χ1) is 18.9. The number of amides is 3. The Morgan fingerprint density at radius 2 is 1.74 bits per heavy atom. The molecule has 8 heteroatoms. The van der Waals surface area contributed by atoms with Gasteiger partial charge in [0.2, 0.25) is 5.91 Å². The molecule has 0 saturated carbocycles. The normalized spacial score (nSPS) is 10.9. The Labute approximate surface area is 234 Å². The van der Waals surface area contributed by atoms with Crippen molar-refractivity contribution >= 4 is 40.1 Å². The number of rotatable bonds is 12. The van der Waals surface area contributed by atoms with Gasteiger partial charge >= 0.3 is 6.03 Å². The zero-order valence-corrected chi connectivity index (χ0v) is 23.2. The summed E-state index contributed by atoms with van der Waals surface area (Å²) in [7, 11) is 1.62. The van der Waals surface area contributed by atoms with Gasteiger partial charge in [0.05, 0.1) is 0 Å². The minimum absolute atomic E-state index is 0.0458. The number of aromatic amines is 1. The third-order valence-electron chi connectivity index (χ3n) is 6.71. The molecule has 0 bridgehead atoms. The Kier molecular flexibility index (Phi) is 10.00. The second kappa shape index (κ2) is 13.8. The molecule has 0 saturated heterocycles. The molecule has 2 N–H and O–H groups in total. The monoisotopic (exact) mass is 546 g/mol. The van der Waals surface area contributed by atoms with Crippen molar-refractivity contribution in [1.82, 2.24) is 14.8 Å². The summed E-state index contributed by atoms with van der Waals surface area (Å²) in [5.74, 6) is -0.117. The summed E-state index contributed by atoms with van der Waals surface area (Å²) in [4.78, 5) is 33.7. The molecule has 1 heterocycles. The van der Waals surface area contributed by atoms with Crippen LogP contribution in [0, 0.1) is 6.92 Å². The van der Waals surface area contributed by atoms with Gasteiger partial charge in [-0.15, -0.1) is 0 Å². The highest BCUT2D eigenvalue weighted by Gasteiger charge is 2.22. The number of benzene rings is 3. The Morgan fingerprint density at radius 1 is 0.974 bits per heavy atom. The molecule has 3 amide bonds. The van der Waals surface area contributed by atoms with Crippen LogP contribution in [0.3, 0.4) is 0 Å². The number of carbonyl (C=O) groups excluding carboxylic acids is 2. The van der Waals surface area contributed by atoms with Crippen LogP contribution in [-0.4, -0.2) is 60.1 Å². The quantitative estimate of drug-likeness (QED) is 0.205. The Hall–Kier alpha value is -3.81. The van der Waals surface area contributed by atoms with Gasteiger partial charge in [-0.05, 0) is 54.7 Å². The fourth-order valence-electron chi connectivity index (χ4n) is 4.48. The van der Waals surface area contributed by atoms with Gasteiger partial charge in [-0.1, -0.05) is 66.2 Å². The number of aromatic nitrogens is 1. The van der Waals surface area contributed by atoms with Gasteiger partial charge < -0.3 is 24.8 Å². The van der Waals surface area contributed by atoms with E-state index in [1.807, 2.05) is 72.6 Å². The average molecular weight is 547 g/mol. The number of para-hydroxylation sites is 1. The lowest BCUT2D eigenvalue weighted by Crippen LogP contribution is -2.45. The van der Waals surface area contributed by atoms with E-state index in [2.05, 4.69) is 16.4 Å². The number of halogens is 1. The van der Waals surface area contributed by atoms with Gasteiger partial charge in [0, 0.05) is 61.2 Å². The van der Waals surface area contributed by atoms with Crippen LogP contribution in [0.1, 0.15) is 23.1 Å². The van der Waals surface area contributed by atoms with E-state index in [4.69, 9.17) is 16.3 Å². The van der Waals surface area contributed by atoms with Crippen molar-refractivity contribution in [2.45, 2.75) is 26.3 Å². The maximum absolute atomic E-state index is 13.7. The zero-order chi connectivity index (χ0) is 27.6. The predicted molar refractivity (Wildman–Crippen MR) is 157 cm³/mol. The maximum Gasteiger partial charge on any atom is 0.322 e. The maximum atomic E-state index is 13.7. The van der Waals surface area contributed by atoms with E-state index in [0.29, 0.717) is 49.8 Å². The fraction of sp³-hybridized carbons (Fsp3) is 0.290. The van der Waals surface area contributed by atoms with Gasteiger partial charge in [-0.25, -0.2) is 4.79 Å². The van der Waals surface area contributed by atoms with Crippen LogP contribution >= 0.6 is 11.6 Å². The lowest BCUT2D eigenvalue weighted by molar-refractivity contribution is -0.132. The molecule has 0 spiro atoms. The number of ether oxygens (including phenoxy) is 1. The van der Waals surface area contributed by atoms with Crippen molar-refractivity contribution in [1.29, 1.82) is 0 Å². The van der Waals surface area contributed by atoms with Crippen molar-refractivity contribution in [2.24, 2.45) is 0 Å². The van der Waals surface area contributed by atoms with Crippen LogP contribution in [0.5, 0.6) is 0 Å². The molecule has 1 aromatic heterocycles. The van der Waals surface area contributed by atoms with Crippen molar-refractivity contribution < 1.29 is 14.3 Å². The number of anilines is 1. The molecule has 39 heavy (non-hydrogen) atoms. The summed E-state index contributed by atoms with van der Waals surface area (Å²) >= 11 is 6.25. The molecular formula is C31H35ClN4O3. The third kappa shape index (κ3) is 7.85. The third-order valence-corrected chi connectivity index (χ3v) is 7.12. The Morgan fingerprint density at radius 3 is 2.51 bits per heavy atom. The lowest BCUT2D eigenvalue weighted by Gasteiger charge is -2.28. The average Bonchev–Trinajstić information content (AvgIpc) is 3.36. The van der Waals surface area contributed by atoms with E-state index in [1.165, 1.54) is 0 Å². The van der Waals surface area contributed by atoms with Crippen molar-refractivity contribution in [3.05, 3.63) is 101 Å². The van der Waals surface area contributed by atoms with Crippen LogP contribution in [0.25, 0.3) is 10.9 Å². The lowest BCUT2D eigenvalue weighted by atomic mass is 10.1. The number of hydrogen-bond donors (Lipinski definition) is 2. The first-order valence-corrected chi connectivity index (χ1v) is 13.5. The van der Waals surface area contributed by atoms with Crippen molar-refractivity contribution in [3.63, 3.8) is 0 Å². The number of H-pyrrole nitrogens is 1. The van der Waals surface area contributed by atoms with Gasteiger partial charge in [0.1, 0.15) is 6.54 Å². The summed E-state index contributed by atoms with van der Waals surface area (Å²) in [6.07, 6.45) is 3.31. The molecule has 0 fully saturated rings. The number of hydrogen-bond acceptors (Lipinski definition) is 3. The summed E-state index contributed by atoms with van der Waals surface area (Å²) in [6.45, 7) is 3.71. The van der Waals surface area contributed by atoms with Crippen LogP contribution in [0.4, 0.5) is 10.5 Å². The minimum atomic E-state index is -0.351. The molecule has 4 aromatic rings. The fourth-order valence-corrected chi connectivity index (χ4v) is 4.66. The van der Waals surface area contributed by atoms with E-state index in [1.54, 1.807) is 24.1 Å². The van der Waals surface area contributed by atoms with Gasteiger partial charge in [-0.3, -0.25) is 4.79 Å². The number of fused-ring (bicyclic) bond motifs is 1.